The van der Waals surface area contributed by atoms with E-state index in [1.807, 2.05) is 0 Å². The fourth-order valence-corrected chi connectivity index (χ4v) is 1.91. The number of alkyl halides is 1. The van der Waals surface area contributed by atoms with Gasteiger partial charge in [-0.1, -0.05) is 22.0 Å². The smallest absolute Gasteiger partial charge is 0.238 e. The number of carbonyl (C=O) groups excluding carboxylic acids is 1. The van der Waals surface area contributed by atoms with Crippen LogP contribution in [0, 0.1) is 5.82 Å². The van der Waals surface area contributed by atoms with Gasteiger partial charge in [0.1, 0.15) is 0 Å². The highest BCUT2D eigenvalue weighted by Gasteiger charge is 2.27. The predicted octanol–water partition coefficient (Wildman–Crippen LogP) is 2.97. The molecular formula is C13H17BrFNO2. The summed E-state index contributed by atoms with van der Waals surface area (Å²) in [4.78, 5) is 13.5. The van der Waals surface area contributed by atoms with E-state index in [0.29, 0.717) is 6.54 Å². The zero-order valence-electron chi connectivity index (χ0n) is 11.0. The predicted molar refractivity (Wildman–Crippen MR) is 72.4 cm³/mol. The van der Waals surface area contributed by atoms with Crippen LogP contribution < -0.4 is 4.74 Å². The molecule has 0 fully saturated rings. The first-order chi connectivity index (χ1) is 8.25. The standard InChI is InChI=1S/C13H17BrFNO2/c1-13(2,14)12(17)16(3)8-9-5-6-11(18-4)10(15)7-9/h5-7H,8H2,1-4H3. The maximum absolute atomic E-state index is 13.5. The van der Waals surface area contributed by atoms with E-state index in [1.165, 1.54) is 13.2 Å². The van der Waals surface area contributed by atoms with Crippen LogP contribution in [0.5, 0.6) is 5.75 Å². The molecule has 3 nitrogen and oxygen atoms in total. The highest BCUT2D eigenvalue weighted by atomic mass is 79.9. The summed E-state index contributed by atoms with van der Waals surface area (Å²) in [5, 5.41) is 0. The summed E-state index contributed by atoms with van der Waals surface area (Å²) >= 11 is 3.31. The molecular weight excluding hydrogens is 301 g/mol. The Morgan fingerprint density at radius 1 is 1.50 bits per heavy atom. The van der Waals surface area contributed by atoms with Crippen LogP contribution >= 0.6 is 15.9 Å². The Balaban J connectivity index is 2.80. The number of rotatable bonds is 4. The van der Waals surface area contributed by atoms with Crippen molar-refractivity contribution in [2.24, 2.45) is 0 Å². The minimum atomic E-state index is -0.618. The van der Waals surface area contributed by atoms with Gasteiger partial charge in [-0.3, -0.25) is 4.79 Å². The minimum absolute atomic E-state index is 0.0567. The lowest BCUT2D eigenvalue weighted by molar-refractivity contribution is -0.131. The molecule has 1 amide bonds. The quantitative estimate of drug-likeness (QED) is 0.799. The maximum Gasteiger partial charge on any atom is 0.238 e. The fraction of sp³-hybridized carbons (Fsp3) is 0.462. The minimum Gasteiger partial charge on any atom is -0.494 e. The lowest BCUT2D eigenvalue weighted by Gasteiger charge is -2.24. The first-order valence-electron chi connectivity index (χ1n) is 5.52. The second-order valence-corrected chi connectivity index (χ2v) is 6.59. The van der Waals surface area contributed by atoms with Crippen molar-refractivity contribution in [3.05, 3.63) is 29.6 Å². The molecule has 0 atom stereocenters. The van der Waals surface area contributed by atoms with Gasteiger partial charge in [-0.15, -0.1) is 0 Å². The summed E-state index contributed by atoms with van der Waals surface area (Å²) in [6, 6.07) is 4.68. The lowest BCUT2D eigenvalue weighted by Crippen LogP contribution is -2.38. The molecule has 1 aromatic rings. The van der Waals surface area contributed by atoms with Crippen LogP contribution in [0.4, 0.5) is 4.39 Å². The van der Waals surface area contributed by atoms with Gasteiger partial charge in [0, 0.05) is 13.6 Å². The van der Waals surface area contributed by atoms with Gasteiger partial charge in [0.2, 0.25) is 5.91 Å². The number of nitrogens with zero attached hydrogens (tertiary/aromatic N) is 1. The van der Waals surface area contributed by atoms with E-state index in [2.05, 4.69) is 15.9 Å². The van der Waals surface area contributed by atoms with Crippen LogP contribution in [0.3, 0.4) is 0 Å². The molecule has 0 saturated carbocycles. The van der Waals surface area contributed by atoms with Gasteiger partial charge in [0.25, 0.3) is 0 Å². The Labute approximate surface area is 115 Å². The average molecular weight is 318 g/mol. The normalized spacial score (nSPS) is 11.2. The number of hydrogen-bond acceptors (Lipinski definition) is 2. The molecule has 0 aromatic heterocycles. The molecule has 1 rings (SSSR count). The summed E-state index contributed by atoms with van der Waals surface area (Å²) in [7, 11) is 3.11. The van der Waals surface area contributed by atoms with Crippen LogP contribution in [0.1, 0.15) is 19.4 Å². The zero-order valence-corrected chi connectivity index (χ0v) is 12.5. The number of halogens is 2. The second kappa shape index (κ2) is 5.69. The van der Waals surface area contributed by atoms with Crippen molar-refractivity contribution in [2.75, 3.05) is 14.2 Å². The average Bonchev–Trinajstić information content (AvgIpc) is 2.27. The third kappa shape index (κ3) is 3.70. The van der Waals surface area contributed by atoms with E-state index in [0.717, 1.165) is 5.56 Å². The Hall–Kier alpha value is -1.10. The second-order valence-electron chi connectivity index (χ2n) is 4.60. The molecule has 0 unspecified atom stereocenters. The van der Waals surface area contributed by atoms with Crippen molar-refractivity contribution in [1.82, 2.24) is 4.90 Å². The van der Waals surface area contributed by atoms with E-state index in [1.54, 1.807) is 37.9 Å². The summed E-state index contributed by atoms with van der Waals surface area (Å²) in [5.41, 5.74) is 0.723. The molecule has 1 aromatic carbocycles. The molecule has 0 aliphatic carbocycles. The number of methoxy groups -OCH3 is 1. The molecule has 0 radical (unpaired) electrons. The van der Waals surface area contributed by atoms with Gasteiger partial charge in [0.15, 0.2) is 11.6 Å². The van der Waals surface area contributed by atoms with Crippen molar-refractivity contribution in [1.29, 1.82) is 0 Å². The van der Waals surface area contributed by atoms with Gasteiger partial charge < -0.3 is 9.64 Å². The first kappa shape index (κ1) is 15.0. The van der Waals surface area contributed by atoms with Crippen molar-refractivity contribution < 1.29 is 13.9 Å². The Bertz CT molecular complexity index is 443. The maximum atomic E-state index is 13.5. The zero-order chi connectivity index (χ0) is 13.9. The summed E-state index contributed by atoms with van der Waals surface area (Å²) < 4.78 is 17.7. The van der Waals surface area contributed by atoms with Crippen molar-refractivity contribution in [3.8, 4) is 5.75 Å². The van der Waals surface area contributed by atoms with Crippen LogP contribution in [0.2, 0.25) is 0 Å². The van der Waals surface area contributed by atoms with Crippen LogP contribution in [-0.4, -0.2) is 29.3 Å². The highest BCUT2D eigenvalue weighted by Crippen LogP contribution is 2.21. The molecule has 100 valence electrons. The van der Waals surface area contributed by atoms with E-state index in [-0.39, 0.29) is 11.7 Å². The Kier molecular flexibility index (Phi) is 4.73. The van der Waals surface area contributed by atoms with E-state index in [9.17, 15) is 9.18 Å². The third-order valence-corrected chi connectivity index (χ3v) is 2.83. The van der Waals surface area contributed by atoms with E-state index < -0.39 is 10.1 Å². The van der Waals surface area contributed by atoms with E-state index >= 15 is 0 Å². The fourth-order valence-electron chi connectivity index (χ4n) is 1.61. The van der Waals surface area contributed by atoms with Crippen molar-refractivity contribution in [3.63, 3.8) is 0 Å². The molecule has 0 bridgehead atoms. The number of hydrogen-bond donors (Lipinski definition) is 0. The van der Waals surface area contributed by atoms with Crippen molar-refractivity contribution in [2.45, 2.75) is 24.7 Å². The molecule has 0 saturated heterocycles. The summed E-state index contributed by atoms with van der Waals surface area (Å²) in [6.45, 7) is 3.91. The van der Waals surface area contributed by atoms with E-state index in [4.69, 9.17) is 4.74 Å². The summed E-state index contributed by atoms with van der Waals surface area (Å²) in [6.07, 6.45) is 0. The molecule has 0 heterocycles. The molecule has 0 spiro atoms. The molecule has 0 aliphatic heterocycles. The van der Waals surface area contributed by atoms with Crippen LogP contribution in [-0.2, 0) is 11.3 Å². The molecule has 5 heteroatoms. The van der Waals surface area contributed by atoms with Gasteiger partial charge in [-0.2, -0.15) is 0 Å². The van der Waals surface area contributed by atoms with Crippen molar-refractivity contribution >= 4 is 21.8 Å². The SMILES string of the molecule is COc1ccc(CN(C)C(=O)C(C)(C)Br)cc1F. The Morgan fingerprint density at radius 2 is 2.11 bits per heavy atom. The van der Waals surface area contributed by atoms with Gasteiger partial charge in [-0.05, 0) is 31.5 Å². The Morgan fingerprint density at radius 3 is 2.56 bits per heavy atom. The number of ether oxygens (including phenoxy) is 1. The highest BCUT2D eigenvalue weighted by molar-refractivity contribution is 9.10. The molecule has 18 heavy (non-hydrogen) atoms. The monoisotopic (exact) mass is 317 g/mol. The lowest BCUT2D eigenvalue weighted by atomic mass is 10.1. The molecule has 0 aliphatic rings. The largest absolute Gasteiger partial charge is 0.494 e. The van der Waals surface area contributed by atoms with Crippen LogP contribution in [0.25, 0.3) is 0 Å². The van der Waals surface area contributed by atoms with Gasteiger partial charge in [0.05, 0.1) is 11.4 Å². The third-order valence-electron chi connectivity index (χ3n) is 2.49. The number of benzene rings is 1. The summed E-state index contributed by atoms with van der Waals surface area (Å²) in [5.74, 6) is -0.277. The number of carbonyl (C=O) groups is 1. The first-order valence-corrected chi connectivity index (χ1v) is 6.32. The topological polar surface area (TPSA) is 29.5 Å². The van der Waals surface area contributed by atoms with Gasteiger partial charge >= 0.3 is 0 Å². The van der Waals surface area contributed by atoms with Gasteiger partial charge in [-0.25, -0.2) is 4.39 Å². The molecule has 0 N–H and O–H groups in total. The number of amides is 1. The van der Waals surface area contributed by atoms with Crippen LogP contribution in [0.15, 0.2) is 18.2 Å².